The predicted molar refractivity (Wildman–Crippen MR) is 107 cm³/mol. The highest BCUT2D eigenvalue weighted by Gasteiger charge is 2.33. The summed E-state index contributed by atoms with van der Waals surface area (Å²) in [6.07, 6.45) is 0.0234. The number of carbonyl (C=O) groups is 2. The van der Waals surface area contributed by atoms with Gasteiger partial charge in [-0.3, -0.25) is 14.9 Å². The third-order valence-corrected chi connectivity index (χ3v) is 6.59. The molecule has 2 rings (SSSR count). The van der Waals surface area contributed by atoms with Crippen molar-refractivity contribution in [2.45, 2.75) is 32.1 Å². The van der Waals surface area contributed by atoms with Gasteiger partial charge in [0.15, 0.2) is 9.84 Å². The first kappa shape index (κ1) is 21.9. The second-order valence-corrected chi connectivity index (χ2v) is 9.29. The van der Waals surface area contributed by atoms with Crippen LogP contribution in [0.2, 0.25) is 0 Å². The van der Waals surface area contributed by atoms with Gasteiger partial charge < -0.3 is 10.1 Å². The van der Waals surface area contributed by atoms with Gasteiger partial charge in [0.25, 0.3) is 0 Å². The molecular formula is C17H22N4O5S2. The minimum absolute atomic E-state index is 0.0234. The van der Waals surface area contributed by atoms with Gasteiger partial charge in [-0.15, -0.1) is 10.2 Å². The van der Waals surface area contributed by atoms with Gasteiger partial charge in [0.1, 0.15) is 22.6 Å². The molecule has 0 bridgehead atoms. The molecule has 0 saturated heterocycles. The average Bonchev–Trinajstić information content (AvgIpc) is 3.01. The van der Waals surface area contributed by atoms with E-state index >= 15 is 0 Å². The van der Waals surface area contributed by atoms with E-state index in [9.17, 15) is 18.0 Å². The number of amides is 2. The molecule has 9 nitrogen and oxygen atoms in total. The molecule has 152 valence electrons. The van der Waals surface area contributed by atoms with Crippen molar-refractivity contribution in [3.05, 3.63) is 34.8 Å². The number of carbonyl (C=O) groups excluding carboxylic acids is 2. The quantitative estimate of drug-likeness (QED) is 0.625. The first-order chi connectivity index (χ1) is 13.2. The van der Waals surface area contributed by atoms with Gasteiger partial charge in [-0.1, -0.05) is 30.4 Å². The molecule has 28 heavy (non-hydrogen) atoms. The number of hydrogen-bond acceptors (Lipinski definition) is 8. The molecule has 0 aliphatic heterocycles. The van der Waals surface area contributed by atoms with Crippen LogP contribution in [0, 0.1) is 6.92 Å². The lowest BCUT2D eigenvalue weighted by atomic mass is 10.2. The highest BCUT2D eigenvalue weighted by atomic mass is 32.2. The third kappa shape index (κ3) is 6.08. The summed E-state index contributed by atoms with van der Waals surface area (Å²) in [5, 5.41) is 11.9. The van der Waals surface area contributed by atoms with Crippen LogP contribution in [0.3, 0.4) is 0 Å². The second-order valence-electron chi connectivity index (χ2n) is 6.04. The Morgan fingerprint density at radius 1 is 1.25 bits per heavy atom. The number of aromatic nitrogens is 2. The zero-order valence-electron chi connectivity index (χ0n) is 15.8. The van der Waals surface area contributed by atoms with E-state index in [2.05, 4.69) is 20.8 Å². The maximum Gasteiger partial charge on any atom is 0.244 e. The molecule has 1 heterocycles. The minimum Gasteiger partial charge on any atom is -0.377 e. The Labute approximate surface area is 167 Å². The van der Waals surface area contributed by atoms with E-state index in [0.717, 1.165) is 16.9 Å². The van der Waals surface area contributed by atoms with Crippen LogP contribution in [0.5, 0.6) is 0 Å². The van der Waals surface area contributed by atoms with Gasteiger partial charge in [-0.25, -0.2) is 8.42 Å². The highest BCUT2D eigenvalue weighted by molar-refractivity contribution is 7.93. The van der Waals surface area contributed by atoms with E-state index in [1.165, 1.54) is 7.11 Å². The molecule has 2 N–H and O–H groups in total. The van der Waals surface area contributed by atoms with E-state index < -0.39 is 32.7 Å². The van der Waals surface area contributed by atoms with Crippen LogP contribution in [-0.2, 0) is 30.8 Å². The Kier molecular flexibility index (Phi) is 7.61. The number of rotatable bonds is 9. The van der Waals surface area contributed by atoms with Gasteiger partial charge in [0.2, 0.25) is 16.9 Å². The zero-order chi connectivity index (χ0) is 20.7. The molecule has 1 aromatic carbocycles. The summed E-state index contributed by atoms with van der Waals surface area (Å²) in [7, 11) is -2.52. The number of nitrogens with one attached hydrogen (secondary N) is 2. The van der Waals surface area contributed by atoms with Crippen molar-refractivity contribution < 1.29 is 22.7 Å². The topological polar surface area (TPSA) is 127 Å². The fraction of sp³-hybridized carbons (Fsp3) is 0.412. The molecule has 11 heteroatoms. The Morgan fingerprint density at radius 2 is 2.00 bits per heavy atom. The van der Waals surface area contributed by atoms with Crippen molar-refractivity contribution in [2.24, 2.45) is 0 Å². The smallest absolute Gasteiger partial charge is 0.244 e. The van der Waals surface area contributed by atoms with Gasteiger partial charge in [-0.05, 0) is 31.0 Å². The number of methoxy groups -OCH3 is 1. The molecular weight excluding hydrogens is 404 g/mol. The maximum atomic E-state index is 12.6. The first-order valence-electron chi connectivity index (χ1n) is 8.45. The summed E-state index contributed by atoms with van der Waals surface area (Å²) >= 11 is 1.09. The Morgan fingerprint density at radius 3 is 2.64 bits per heavy atom. The van der Waals surface area contributed by atoms with Crippen molar-refractivity contribution >= 4 is 43.8 Å². The molecule has 0 aliphatic carbocycles. The molecule has 2 aromatic rings. The van der Waals surface area contributed by atoms with Crippen LogP contribution in [0.25, 0.3) is 0 Å². The van der Waals surface area contributed by atoms with Crippen LogP contribution in [0.4, 0.5) is 10.8 Å². The van der Waals surface area contributed by atoms with E-state index in [0.29, 0.717) is 10.7 Å². The highest BCUT2D eigenvalue weighted by Crippen LogP contribution is 2.18. The number of ether oxygens (including phenoxy) is 1. The number of nitrogens with zero attached hydrogens (tertiary/aromatic N) is 2. The molecule has 0 aliphatic rings. The van der Waals surface area contributed by atoms with Crippen molar-refractivity contribution in [3.63, 3.8) is 0 Å². The van der Waals surface area contributed by atoms with Gasteiger partial charge in [-0.2, -0.15) is 0 Å². The van der Waals surface area contributed by atoms with Crippen LogP contribution in [-0.4, -0.2) is 48.5 Å². The van der Waals surface area contributed by atoms with Gasteiger partial charge in [0, 0.05) is 12.8 Å². The summed E-state index contributed by atoms with van der Waals surface area (Å²) in [6, 6.07) is 6.99. The summed E-state index contributed by atoms with van der Waals surface area (Å²) in [5.74, 6) is -2.24. The first-order valence-corrected chi connectivity index (χ1v) is 11.0. The lowest BCUT2D eigenvalue weighted by molar-refractivity contribution is -0.115. The average molecular weight is 427 g/mol. The van der Waals surface area contributed by atoms with Gasteiger partial charge in [0.05, 0.1) is 0 Å². The Hall–Kier alpha value is -2.37. The van der Waals surface area contributed by atoms with E-state index in [4.69, 9.17) is 4.74 Å². The summed E-state index contributed by atoms with van der Waals surface area (Å²) < 4.78 is 30.1. The molecule has 0 spiro atoms. The van der Waals surface area contributed by atoms with E-state index in [-0.39, 0.29) is 18.2 Å². The fourth-order valence-corrected chi connectivity index (χ4v) is 4.72. The SMILES string of the molecule is CCC(C(=O)Nc1nnc(COC)s1)S(=O)(=O)CC(=O)Nc1cccc(C)c1. The minimum atomic E-state index is -4.02. The monoisotopic (exact) mass is 426 g/mol. The molecule has 0 fully saturated rings. The summed E-state index contributed by atoms with van der Waals surface area (Å²) in [4.78, 5) is 24.6. The Bertz CT molecular complexity index is 943. The predicted octanol–water partition coefficient (Wildman–Crippen LogP) is 1.76. The molecule has 1 unspecified atom stereocenters. The largest absolute Gasteiger partial charge is 0.377 e. The molecule has 2 amide bonds. The van der Waals surface area contributed by atoms with Crippen molar-refractivity contribution in [2.75, 3.05) is 23.5 Å². The second kappa shape index (κ2) is 9.71. The maximum absolute atomic E-state index is 12.6. The number of sulfone groups is 1. The van der Waals surface area contributed by atoms with E-state index in [1.807, 2.05) is 13.0 Å². The van der Waals surface area contributed by atoms with Crippen LogP contribution in [0.15, 0.2) is 24.3 Å². The fourth-order valence-electron chi connectivity index (χ4n) is 2.48. The summed E-state index contributed by atoms with van der Waals surface area (Å²) in [6.45, 7) is 3.66. The number of aryl methyl sites for hydroxylation is 1. The number of hydrogen-bond donors (Lipinski definition) is 2. The van der Waals surface area contributed by atoms with E-state index in [1.54, 1.807) is 25.1 Å². The molecule has 1 atom stereocenters. The molecule has 0 saturated carbocycles. The van der Waals surface area contributed by atoms with Crippen molar-refractivity contribution in [3.8, 4) is 0 Å². The normalized spacial score (nSPS) is 12.4. The van der Waals surface area contributed by atoms with Crippen LogP contribution < -0.4 is 10.6 Å². The lowest BCUT2D eigenvalue weighted by Gasteiger charge is -2.14. The standard InChI is InChI=1S/C17H22N4O5S2/c1-4-13(16(23)19-17-21-20-15(27-17)9-26-3)28(24,25)10-14(22)18-12-7-5-6-11(2)8-12/h5-8,13H,4,9-10H2,1-3H3,(H,18,22)(H,19,21,23). The molecule has 0 radical (unpaired) electrons. The van der Waals surface area contributed by atoms with Crippen LogP contribution >= 0.6 is 11.3 Å². The third-order valence-electron chi connectivity index (χ3n) is 3.70. The summed E-state index contributed by atoms with van der Waals surface area (Å²) in [5.41, 5.74) is 1.42. The number of anilines is 2. The van der Waals surface area contributed by atoms with Gasteiger partial charge >= 0.3 is 0 Å². The Balaban J connectivity index is 2.03. The number of benzene rings is 1. The zero-order valence-corrected chi connectivity index (χ0v) is 17.4. The van der Waals surface area contributed by atoms with Crippen molar-refractivity contribution in [1.29, 1.82) is 0 Å². The lowest BCUT2D eigenvalue weighted by Crippen LogP contribution is -2.39. The van der Waals surface area contributed by atoms with Crippen molar-refractivity contribution in [1.82, 2.24) is 10.2 Å². The molecule has 1 aromatic heterocycles. The van der Waals surface area contributed by atoms with Crippen LogP contribution in [0.1, 0.15) is 23.9 Å².